The SMILES string of the molecule is Cc1cccc(COC2CCC(C(C)C(=O)NC34CC5CC6CC(C3)C6(C5)C4)CC2)c1. The van der Waals surface area contributed by atoms with Gasteiger partial charge in [-0.05, 0) is 106 Å². The molecule has 1 N–H and O–H groups in total. The van der Waals surface area contributed by atoms with Crippen LogP contribution in [0.25, 0.3) is 0 Å². The van der Waals surface area contributed by atoms with Gasteiger partial charge in [-0.2, -0.15) is 0 Å². The lowest BCUT2D eigenvalue weighted by Gasteiger charge is -2.49. The molecule has 5 aliphatic carbocycles. The smallest absolute Gasteiger partial charge is 0.223 e. The summed E-state index contributed by atoms with van der Waals surface area (Å²) in [4.78, 5) is 13.3. The number of carbonyl (C=O) groups is 1. The monoisotopic (exact) mass is 421 g/mol. The summed E-state index contributed by atoms with van der Waals surface area (Å²) in [6, 6.07) is 8.61. The van der Waals surface area contributed by atoms with Crippen molar-refractivity contribution in [1.29, 1.82) is 0 Å². The van der Waals surface area contributed by atoms with Crippen LogP contribution in [0.1, 0.15) is 82.3 Å². The van der Waals surface area contributed by atoms with Crippen LogP contribution in [0, 0.1) is 41.9 Å². The average Bonchev–Trinajstić information content (AvgIpc) is 3.07. The second-order valence-electron chi connectivity index (χ2n) is 12.1. The molecule has 5 fully saturated rings. The number of hydrogen-bond donors (Lipinski definition) is 1. The zero-order valence-electron chi connectivity index (χ0n) is 19.4. The molecule has 31 heavy (non-hydrogen) atoms. The number of fused-ring (bicyclic) bond motifs is 2. The first kappa shape index (κ1) is 20.3. The quantitative estimate of drug-likeness (QED) is 0.631. The highest BCUT2D eigenvalue weighted by Crippen LogP contribution is 2.76. The molecule has 0 aromatic heterocycles. The van der Waals surface area contributed by atoms with E-state index in [2.05, 4.69) is 43.4 Å². The van der Waals surface area contributed by atoms with Crippen molar-refractivity contribution >= 4 is 5.91 Å². The molecule has 1 spiro atoms. The Morgan fingerprint density at radius 2 is 1.97 bits per heavy atom. The summed E-state index contributed by atoms with van der Waals surface area (Å²) in [5.74, 6) is 3.80. The minimum absolute atomic E-state index is 0.137. The molecular formula is C28H39NO2. The molecule has 0 aliphatic heterocycles. The van der Waals surface area contributed by atoms with Crippen LogP contribution in [-0.4, -0.2) is 17.6 Å². The van der Waals surface area contributed by atoms with Gasteiger partial charge >= 0.3 is 0 Å². The summed E-state index contributed by atoms with van der Waals surface area (Å²) in [7, 11) is 0. The largest absolute Gasteiger partial charge is 0.374 e. The molecule has 0 radical (unpaired) electrons. The fourth-order valence-corrected chi connectivity index (χ4v) is 8.86. The zero-order chi connectivity index (χ0) is 21.2. The summed E-state index contributed by atoms with van der Waals surface area (Å²) in [6.45, 7) is 5.03. The Hall–Kier alpha value is -1.35. The molecule has 0 saturated heterocycles. The van der Waals surface area contributed by atoms with Gasteiger partial charge < -0.3 is 10.1 Å². The molecule has 6 unspecified atom stereocenters. The van der Waals surface area contributed by atoms with Gasteiger partial charge in [-0.3, -0.25) is 4.79 Å². The van der Waals surface area contributed by atoms with Crippen molar-refractivity contribution in [2.75, 3.05) is 0 Å². The van der Waals surface area contributed by atoms with Crippen LogP contribution in [0.15, 0.2) is 24.3 Å². The molecule has 3 bridgehead atoms. The van der Waals surface area contributed by atoms with E-state index in [-0.39, 0.29) is 11.5 Å². The molecule has 3 heteroatoms. The van der Waals surface area contributed by atoms with E-state index in [0.29, 0.717) is 30.0 Å². The van der Waals surface area contributed by atoms with Crippen molar-refractivity contribution in [1.82, 2.24) is 5.32 Å². The number of hydrogen-bond acceptors (Lipinski definition) is 2. The first-order valence-electron chi connectivity index (χ1n) is 12.9. The summed E-state index contributed by atoms with van der Waals surface area (Å²) in [6.07, 6.45) is 13.0. The van der Waals surface area contributed by atoms with Crippen LogP contribution < -0.4 is 5.32 Å². The number of benzene rings is 1. The van der Waals surface area contributed by atoms with E-state index < -0.39 is 0 Å². The minimum Gasteiger partial charge on any atom is -0.374 e. The Morgan fingerprint density at radius 1 is 1.13 bits per heavy atom. The third-order valence-electron chi connectivity index (χ3n) is 10.3. The van der Waals surface area contributed by atoms with Gasteiger partial charge in [0.2, 0.25) is 5.91 Å². The van der Waals surface area contributed by atoms with Crippen molar-refractivity contribution in [2.45, 2.75) is 96.3 Å². The van der Waals surface area contributed by atoms with E-state index in [1.54, 1.807) is 0 Å². The predicted molar refractivity (Wildman–Crippen MR) is 122 cm³/mol. The van der Waals surface area contributed by atoms with E-state index >= 15 is 0 Å². The second-order valence-corrected chi connectivity index (χ2v) is 12.1. The van der Waals surface area contributed by atoms with Crippen molar-refractivity contribution in [2.24, 2.45) is 35.0 Å². The van der Waals surface area contributed by atoms with Crippen molar-refractivity contribution in [3.63, 3.8) is 0 Å². The lowest BCUT2D eigenvalue weighted by Crippen LogP contribution is -2.52. The molecular weight excluding hydrogens is 382 g/mol. The van der Waals surface area contributed by atoms with Gasteiger partial charge in [-0.15, -0.1) is 0 Å². The Bertz CT molecular complexity index is 854. The molecule has 3 nitrogen and oxygen atoms in total. The maximum atomic E-state index is 13.3. The summed E-state index contributed by atoms with van der Waals surface area (Å²) < 4.78 is 6.22. The highest BCUT2D eigenvalue weighted by atomic mass is 16.5. The lowest BCUT2D eigenvalue weighted by atomic mass is 9.56. The van der Waals surface area contributed by atoms with Crippen LogP contribution >= 0.6 is 0 Å². The molecule has 0 heterocycles. The van der Waals surface area contributed by atoms with Crippen LogP contribution in [0.2, 0.25) is 0 Å². The Balaban J connectivity index is 1.01. The van der Waals surface area contributed by atoms with E-state index in [4.69, 9.17) is 4.74 Å². The first-order chi connectivity index (χ1) is 14.9. The van der Waals surface area contributed by atoms with Gasteiger partial charge in [0.05, 0.1) is 12.7 Å². The maximum absolute atomic E-state index is 13.3. The van der Waals surface area contributed by atoms with E-state index in [0.717, 1.165) is 43.4 Å². The van der Waals surface area contributed by atoms with Gasteiger partial charge in [0.1, 0.15) is 0 Å². The Morgan fingerprint density at radius 3 is 2.77 bits per heavy atom. The summed E-state index contributed by atoms with van der Waals surface area (Å²) >= 11 is 0. The zero-order valence-corrected chi connectivity index (χ0v) is 19.4. The molecule has 1 amide bonds. The number of carbonyl (C=O) groups excluding carboxylic acids is 1. The number of ether oxygens (including phenoxy) is 1. The van der Waals surface area contributed by atoms with Crippen molar-refractivity contribution < 1.29 is 9.53 Å². The van der Waals surface area contributed by atoms with Gasteiger partial charge in [-0.1, -0.05) is 36.8 Å². The fourth-order valence-electron chi connectivity index (χ4n) is 8.86. The predicted octanol–water partition coefficient (Wildman–Crippen LogP) is 5.79. The standard InChI is InChI=1S/C28H39NO2/c1-18-4-3-5-20(10-18)16-31-25-8-6-22(7-9-25)19(2)26(30)29-27-13-21-11-23-12-24(15-27)28(23,14-21)17-27/h3-5,10,19,21-25H,6-9,11-17H2,1-2H3,(H,29,30). The van der Waals surface area contributed by atoms with Gasteiger partial charge in [0.25, 0.3) is 0 Å². The third-order valence-corrected chi connectivity index (χ3v) is 10.3. The summed E-state index contributed by atoms with van der Waals surface area (Å²) in [5, 5.41) is 3.67. The Kier molecular flexibility index (Phi) is 4.80. The molecule has 168 valence electrons. The second kappa shape index (κ2) is 7.33. The molecule has 1 aromatic rings. The number of aryl methyl sites for hydroxylation is 1. The van der Waals surface area contributed by atoms with Gasteiger partial charge in [0.15, 0.2) is 0 Å². The number of amides is 1. The van der Waals surface area contributed by atoms with E-state index in [9.17, 15) is 4.79 Å². The van der Waals surface area contributed by atoms with Crippen molar-refractivity contribution in [3.8, 4) is 0 Å². The van der Waals surface area contributed by atoms with Gasteiger partial charge in [0, 0.05) is 11.5 Å². The minimum atomic E-state index is 0.137. The molecule has 5 saturated carbocycles. The molecule has 6 rings (SSSR count). The number of nitrogens with one attached hydrogen (secondary N) is 1. The maximum Gasteiger partial charge on any atom is 0.223 e. The summed E-state index contributed by atoms with van der Waals surface area (Å²) in [5.41, 5.74) is 3.35. The van der Waals surface area contributed by atoms with Gasteiger partial charge in [-0.25, -0.2) is 0 Å². The van der Waals surface area contributed by atoms with E-state index in [1.807, 2.05) is 0 Å². The molecule has 1 aromatic carbocycles. The first-order valence-corrected chi connectivity index (χ1v) is 12.9. The Labute approximate surface area is 187 Å². The highest BCUT2D eigenvalue weighted by molar-refractivity contribution is 5.79. The normalized spacial score (nSPS) is 43.4. The van der Waals surface area contributed by atoms with Crippen LogP contribution in [-0.2, 0) is 16.1 Å². The topological polar surface area (TPSA) is 38.3 Å². The van der Waals surface area contributed by atoms with Crippen LogP contribution in [0.4, 0.5) is 0 Å². The third kappa shape index (κ3) is 3.37. The lowest BCUT2D eigenvalue weighted by molar-refractivity contribution is -0.129. The molecule has 5 aliphatic rings. The fraction of sp³-hybridized carbons (Fsp3) is 0.750. The van der Waals surface area contributed by atoms with Crippen LogP contribution in [0.5, 0.6) is 0 Å². The van der Waals surface area contributed by atoms with Crippen LogP contribution in [0.3, 0.4) is 0 Å². The molecule has 6 atom stereocenters. The van der Waals surface area contributed by atoms with Crippen molar-refractivity contribution in [3.05, 3.63) is 35.4 Å². The highest BCUT2D eigenvalue weighted by Gasteiger charge is 2.71. The number of rotatable bonds is 6. The van der Waals surface area contributed by atoms with E-state index in [1.165, 1.54) is 49.7 Å². The average molecular weight is 422 g/mol.